The van der Waals surface area contributed by atoms with Gasteiger partial charge < -0.3 is 15.0 Å². The first-order valence-electron chi connectivity index (χ1n) is 7.43. The number of nitrogens with one attached hydrogen (secondary N) is 1. The summed E-state index contributed by atoms with van der Waals surface area (Å²) in [5, 5.41) is 3.64. The van der Waals surface area contributed by atoms with Crippen molar-refractivity contribution < 1.29 is 4.74 Å². The Morgan fingerprint density at radius 2 is 1.89 bits per heavy atom. The van der Waals surface area contributed by atoms with Gasteiger partial charge >= 0.3 is 0 Å². The van der Waals surface area contributed by atoms with Gasteiger partial charge in [0.25, 0.3) is 0 Å². The fourth-order valence-corrected chi connectivity index (χ4v) is 2.90. The van der Waals surface area contributed by atoms with E-state index < -0.39 is 0 Å². The van der Waals surface area contributed by atoms with Gasteiger partial charge in [0.1, 0.15) is 0 Å². The van der Waals surface area contributed by atoms with Crippen LogP contribution in [-0.2, 0) is 4.74 Å². The van der Waals surface area contributed by atoms with Gasteiger partial charge in [0, 0.05) is 30.5 Å². The van der Waals surface area contributed by atoms with E-state index in [4.69, 9.17) is 4.74 Å². The van der Waals surface area contributed by atoms with Crippen molar-refractivity contribution in [1.82, 2.24) is 0 Å². The normalized spacial score (nSPS) is 21.4. The van der Waals surface area contributed by atoms with E-state index in [0.29, 0.717) is 6.04 Å². The zero-order valence-electron chi connectivity index (χ0n) is 11.5. The summed E-state index contributed by atoms with van der Waals surface area (Å²) in [6, 6.07) is 9.49. The Morgan fingerprint density at radius 1 is 1.11 bits per heavy atom. The molecule has 2 fully saturated rings. The molecule has 0 bridgehead atoms. The lowest BCUT2D eigenvalue weighted by molar-refractivity contribution is 0.122. The molecule has 1 N–H and O–H groups in total. The molecule has 1 heterocycles. The van der Waals surface area contributed by atoms with Crippen molar-refractivity contribution in [3.8, 4) is 0 Å². The molecule has 3 rings (SSSR count). The van der Waals surface area contributed by atoms with Crippen LogP contribution in [0.5, 0.6) is 0 Å². The van der Waals surface area contributed by atoms with E-state index in [2.05, 4.69) is 40.9 Å². The third-order valence-corrected chi connectivity index (χ3v) is 4.03. The van der Waals surface area contributed by atoms with E-state index in [9.17, 15) is 0 Å². The first-order chi connectivity index (χ1) is 9.42. The molecule has 1 radical (unpaired) electrons. The Balaban J connectivity index is 1.58. The van der Waals surface area contributed by atoms with Crippen molar-refractivity contribution in [2.45, 2.75) is 31.7 Å². The maximum absolute atomic E-state index is 5.39. The Hall–Kier alpha value is -1.22. The number of hydrogen-bond donors (Lipinski definition) is 1. The number of rotatable bonds is 3. The van der Waals surface area contributed by atoms with Crippen LogP contribution in [0.2, 0.25) is 0 Å². The van der Waals surface area contributed by atoms with E-state index in [-0.39, 0.29) is 0 Å². The maximum Gasteiger partial charge on any atom is 0.0642 e. The number of morpholine rings is 1. The largest absolute Gasteiger partial charge is 0.382 e. The predicted molar refractivity (Wildman–Crippen MR) is 79.7 cm³/mol. The third-order valence-electron chi connectivity index (χ3n) is 4.03. The van der Waals surface area contributed by atoms with Crippen LogP contribution in [0.25, 0.3) is 0 Å². The summed E-state index contributed by atoms with van der Waals surface area (Å²) in [6.45, 7) is 3.70. The molecule has 3 nitrogen and oxygen atoms in total. The minimum atomic E-state index is 0.628. The molecule has 1 unspecified atom stereocenters. The monoisotopic (exact) mass is 259 g/mol. The molecule has 0 aromatic heterocycles. The zero-order chi connectivity index (χ0) is 12.9. The van der Waals surface area contributed by atoms with Crippen LogP contribution >= 0.6 is 0 Å². The molecule has 1 aliphatic carbocycles. The molecule has 2 aliphatic rings. The van der Waals surface area contributed by atoms with Crippen LogP contribution in [-0.4, -0.2) is 32.3 Å². The highest BCUT2D eigenvalue weighted by Crippen LogP contribution is 2.23. The predicted octanol–water partition coefficient (Wildman–Crippen LogP) is 3.08. The van der Waals surface area contributed by atoms with Crippen LogP contribution in [0.4, 0.5) is 11.4 Å². The van der Waals surface area contributed by atoms with Gasteiger partial charge in [-0.05, 0) is 43.5 Å². The second-order valence-corrected chi connectivity index (χ2v) is 5.44. The SMILES string of the molecule is [CH]1CCCC(Nc2ccc(N3CCOCC3)cc2)C1. The number of nitrogens with zero attached hydrogens (tertiary/aromatic N) is 1. The minimum Gasteiger partial charge on any atom is -0.382 e. The van der Waals surface area contributed by atoms with Crippen LogP contribution in [0.1, 0.15) is 25.7 Å². The van der Waals surface area contributed by atoms with Gasteiger partial charge in [-0.25, -0.2) is 0 Å². The summed E-state index contributed by atoms with van der Waals surface area (Å²) in [5.41, 5.74) is 2.56. The van der Waals surface area contributed by atoms with E-state index in [1.807, 2.05) is 0 Å². The molecule has 1 aliphatic heterocycles. The fraction of sp³-hybridized carbons (Fsp3) is 0.562. The highest BCUT2D eigenvalue weighted by Gasteiger charge is 2.14. The smallest absolute Gasteiger partial charge is 0.0642 e. The summed E-state index contributed by atoms with van der Waals surface area (Å²) < 4.78 is 5.39. The lowest BCUT2D eigenvalue weighted by Crippen LogP contribution is -2.36. The second-order valence-electron chi connectivity index (χ2n) is 5.44. The molecule has 103 valence electrons. The fourth-order valence-electron chi connectivity index (χ4n) is 2.90. The average molecular weight is 259 g/mol. The van der Waals surface area contributed by atoms with Gasteiger partial charge in [0.05, 0.1) is 13.2 Å². The lowest BCUT2D eigenvalue weighted by atomic mass is 9.95. The standard InChI is InChI=1S/C16H23N2O/c1-2-4-14(5-3-1)17-15-6-8-16(9-7-15)18-10-12-19-13-11-18/h2,6-9,14,17H,1,3-5,10-13H2. The number of ether oxygens (including phenoxy) is 1. The molecular weight excluding hydrogens is 236 g/mol. The van der Waals surface area contributed by atoms with E-state index in [1.165, 1.54) is 37.1 Å². The first kappa shape index (κ1) is 12.8. The van der Waals surface area contributed by atoms with Gasteiger partial charge in [-0.1, -0.05) is 12.8 Å². The van der Waals surface area contributed by atoms with Gasteiger partial charge in [-0.3, -0.25) is 0 Å². The van der Waals surface area contributed by atoms with E-state index >= 15 is 0 Å². The van der Waals surface area contributed by atoms with E-state index in [1.54, 1.807) is 0 Å². The summed E-state index contributed by atoms with van der Waals surface area (Å²) in [6.07, 6.45) is 7.51. The van der Waals surface area contributed by atoms with E-state index in [0.717, 1.165) is 26.3 Å². The second kappa shape index (κ2) is 6.29. The molecule has 0 amide bonds. The molecule has 3 heteroatoms. The molecular formula is C16H23N2O. The summed E-state index contributed by atoms with van der Waals surface area (Å²) >= 11 is 0. The quantitative estimate of drug-likeness (QED) is 0.903. The minimum absolute atomic E-state index is 0.628. The average Bonchev–Trinajstić information content (AvgIpc) is 2.50. The summed E-state index contributed by atoms with van der Waals surface area (Å²) in [5.74, 6) is 0. The van der Waals surface area contributed by atoms with Crippen molar-refractivity contribution in [3.63, 3.8) is 0 Å². The molecule has 1 atom stereocenters. The highest BCUT2D eigenvalue weighted by atomic mass is 16.5. The summed E-state index contributed by atoms with van der Waals surface area (Å²) in [4.78, 5) is 2.39. The van der Waals surface area contributed by atoms with Crippen molar-refractivity contribution in [3.05, 3.63) is 30.7 Å². The Labute approximate surface area is 115 Å². The summed E-state index contributed by atoms with van der Waals surface area (Å²) in [7, 11) is 0. The number of anilines is 2. The van der Waals surface area contributed by atoms with Gasteiger partial charge in [-0.2, -0.15) is 0 Å². The van der Waals surface area contributed by atoms with Crippen LogP contribution in [0.15, 0.2) is 24.3 Å². The van der Waals surface area contributed by atoms with Gasteiger partial charge in [0.15, 0.2) is 0 Å². The highest BCUT2D eigenvalue weighted by molar-refractivity contribution is 5.55. The van der Waals surface area contributed by atoms with Crippen molar-refractivity contribution >= 4 is 11.4 Å². The van der Waals surface area contributed by atoms with Crippen LogP contribution < -0.4 is 10.2 Å². The molecule has 1 aromatic carbocycles. The topological polar surface area (TPSA) is 24.5 Å². The first-order valence-corrected chi connectivity index (χ1v) is 7.43. The number of hydrogen-bond acceptors (Lipinski definition) is 3. The molecule has 1 aromatic rings. The van der Waals surface area contributed by atoms with Crippen LogP contribution in [0, 0.1) is 6.42 Å². The van der Waals surface area contributed by atoms with Crippen LogP contribution in [0.3, 0.4) is 0 Å². The molecule has 19 heavy (non-hydrogen) atoms. The zero-order valence-corrected chi connectivity index (χ0v) is 11.5. The van der Waals surface area contributed by atoms with Gasteiger partial charge in [0.2, 0.25) is 0 Å². The van der Waals surface area contributed by atoms with Gasteiger partial charge in [-0.15, -0.1) is 0 Å². The Kier molecular flexibility index (Phi) is 4.23. The number of benzene rings is 1. The molecule has 1 saturated carbocycles. The van der Waals surface area contributed by atoms with Crippen molar-refractivity contribution in [1.29, 1.82) is 0 Å². The Morgan fingerprint density at radius 3 is 2.58 bits per heavy atom. The molecule has 0 spiro atoms. The Bertz CT molecular complexity index is 378. The lowest BCUT2D eigenvalue weighted by Gasteiger charge is -2.29. The molecule has 1 saturated heterocycles. The third kappa shape index (κ3) is 3.41. The van der Waals surface area contributed by atoms with Crippen molar-refractivity contribution in [2.24, 2.45) is 0 Å². The maximum atomic E-state index is 5.39. The van der Waals surface area contributed by atoms with Crippen molar-refractivity contribution in [2.75, 3.05) is 36.5 Å².